The van der Waals surface area contributed by atoms with Crippen molar-refractivity contribution in [3.63, 3.8) is 0 Å². The van der Waals surface area contributed by atoms with Crippen LogP contribution in [0.4, 0.5) is 0 Å². The van der Waals surface area contributed by atoms with Crippen molar-refractivity contribution in [1.29, 1.82) is 0 Å². The summed E-state index contributed by atoms with van der Waals surface area (Å²) < 4.78 is 13.0. The van der Waals surface area contributed by atoms with Crippen LogP contribution in [0.5, 0.6) is 0 Å². The lowest BCUT2D eigenvalue weighted by atomic mass is 9.92. The number of piperidine rings is 1. The Morgan fingerprint density at radius 1 is 1.17 bits per heavy atom. The molecule has 8 nitrogen and oxygen atoms in total. The minimum absolute atomic E-state index is 0.0432. The van der Waals surface area contributed by atoms with Gasteiger partial charge in [-0.05, 0) is 38.3 Å². The first-order chi connectivity index (χ1) is 13.9. The standard InChI is InChI=1S/C21H31N5O3/c1-21(2,3)17-10-19(27)26(14-22-17)11-15-4-7-25(8-5-15)12-18-23-24-20(29-18)16-6-9-28-13-16/h10,14-16H,4-9,11-13H2,1-3H3. The van der Waals surface area contributed by atoms with Gasteiger partial charge in [0.15, 0.2) is 0 Å². The monoisotopic (exact) mass is 401 g/mol. The summed E-state index contributed by atoms with van der Waals surface area (Å²) in [6, 6.07) is 1.68. The van der Waals surface area contributed by atoms with Crippen LogP contribution in [0.1, 0.15) is 63.4 Å². The van der Waals surface area contributed by atoms with Crippen molar-refractivity contribution in [2.45, 2.75) is 64.5 Å². The van der Waals surface area contributed by atoms with Gasteiger partial charge in [-0.15, -0.1) is 10.2 Å². The molecule has 29 heavy (non-hydrogen) atoms. The van der Waals surface area contributed by atoms with E-state index >= 15 is 0 Å². The largest absolute Gasteiger partial charge is 0.423 e. The van der Waals surface area contributed by atoms with Gasteiger partial charge in [-0.2, -0.15) is 0 Å². The van der Waals surface area contributed by atoms with E-state index in [1.807, 2.05) is 0 Å². The zero-order valence-corrected chi connectivity index (χ0v) is 17.6. The number of hydrogen-bond acceptors (Lipinski definition) is 7. The van der Waals surface area contributed by atoms with Gasteiger partial charge >= 0.3 is 0 Å². The van der Waals surface area contributed by atoms with Gasteiger partial charge in [-0.1, -0.05) is 20.8 Å². The summed E-state index contributed by atoms with van der Waals surface area (Å²) in [6.45, 7) is 11.0. The third kappa shape index (κ3) is 4.93. The predicted octanol–water partition coefficient (Wildman–Crippen LogP) is 2.34. The first-order valence-corrected chi connectivity index (χ1v) is 10.6. The van der Waals surface area contributed by atoms with Crippen LogP contribution in [0.25, 0.3) is 0 Å². The molecule has 8 heteroatoms. The maximum atomic E-state index is 12.5. The van der Waals surface area contributed by atoms with E-state index in [2.05, 4.69) is 40.9 Å². The average molecular weight is 402 g/mol. The highest BCUT2D eigenvalue weighted by atomic mass is 16.5. The molecule has 2 aliphatic rings. The maximum Gasteiger partial charge on any atom is 0.253 e. The van der Waals surface area contributed by atoms with Crippen molar-refractivity contribution >= 4 is 0 Å². The van der Waals surface area contributed by atoms with Crippen molar-refractivity contribution < 1.29 is 9.15 Å². The number of rotatable bonds is 5. The lowest BCUT2D eigenvalue weighted by molar-refractivity contribution is 0.152. The highest BCUT2D eigenvalue weighted by Crippen LogP contribution is 2.25. The summed E-state index contributed by atoms with van der Waals surface area (Å²) in [5.41, 5.74) is 0.779. The molecular formula is C21H31N5O3. The summed E-state index contributed by atoms with van der Waals surface area (Å²) in [6.07, 6.45) is 4.76. The highest BCUT2D eigenvalue weighted by Gasteiger charge is 2.25. The van der Waals surface area contributed by atoms with Gasteiger partial charge < -0.3 is 9.15 Å². The van der Waals surface area contributed by atoms with Crippen molar-refractivity contribution in [2.24, 2.45) is 5.92 Å². The van der Waals surface area contributed by atoms with E-state index in [4.69, 9.17) is 9.15 Å². The Kier molecular flexibility index (Phi) is 5.83. The third-order valence-corrected chi connectivity index (χ3v) is 5.93. The molecule has 1 unspecified atom stereocenters. The second-order valence-corrected chi connectivity index (χ2v) is 9.33. The molecule has 0 aliphatic carbocycles. The minimum Gasteiger partial charge on any atom is -0.423 e. The van der Waals surface area contributed by atoms with E-state index in [1.165, 1.54) is 0 Å². The number of nitrogens with zero attached hydrogens (tertiary/aromatic N) is 5. The van der Waals surface area contributed by atoms with Crippen molar-refractivity contribution in [1.82, 2.24) is 24.6 Å². The molecule has 0 N–H and O–H groups in total. The maximum absolute atomic E-state index is 12.5. The Morgan fingerprint density at radius 2 is 1.97 bits per heavy atom. The first-order valence-electron chi connectivity index (χ1n) is 10.6. The van der Waals surface area contributed by atoms with Gasteiger partial charge in [0.05, 0.1) is 31.1 Å². The van der Waals surface area contributed by atoms with Crippen LogP contribution in [0, 0.1) is 5.92 Å². The number of aromatic nitrogens is 4. The van der Waals surface area contributed by atoms with Gasteiger partial charge in [0, 0.05) is 24.6 Å². The fourth-order valence-corrected chi connectivity index (χ4v) is 3.99. The Balaban J connectivity index is 1.28. The Labute approximate surface area is 171 Å². The molecular weight excluding hydrogens is 370 g/mol. The van der Waals surface area contributed by atoms with Gasteiger partial charge in [-0.25, -0.2) is 4.98 Å². The van der Waals surface area contributed by atoms with Crippen LogP contribution in [0.15, 0.2) is 21.6 Å². The summed E-state index contributed by atoms with van der Waals surface area (Å²) in [5.74, 6) is 2.13. The van der Waals surface area contributed by atoms with Crippen LogP contribution >= 0.6 is 0 Å². The topological polar surface area (TPSA) is 86.3 Å². The molecule has 2 fully saturated rings. The van der Waals surface area contributed by atoms with Crippen LogP contribution in [-0.4, -0.2) is 51.0 Å². The zero-order valence-electron chi connectivity index (χ0n) is 17.6. The molecule has 2 saturated heterocycles. The summed E-state index contributed by atoms with van der Waals surface area (Å²) in [4.78, 5) is 19.3. The minimum atomic E-state index is -0.108. The van der Waals surface area contributed by atoms with Crippen molar-refractivity contribution in [3.8, 4) is 0 Å². The normalized spacial score (nSPS) is 21.7. The second-order valence-electron chi connectivity index (χ2n) is 9.33. The van der Waals surface area contributed by atoms with Gasteiger partial charge in [0.1, 0.15) is 0 Å². The highest BCUT2D eigenvalue weighted by molar-refractivity contribution is 5.10. The van der Waals surface area contributed by atoms with Crippen molar-refractivity contribution in [2.75, 3.05) is 26.3 Å². The van der Waals surface area contributed by atoms with Gasteiger partial charge in [0.2, 0.25) is 11.8 Å². The molecule has 0 bridgehead atoms. The molecule has 1 atom stereocenters. The molecule has 4 rings (SSSR count). The summed E-state index contributed by atoms with van der Waals surface area (Å²) >= 11 is 0. The molecule has 0 spiro atoms. The zero-order chi connectivity index (χ0) is 20.4. The molecule has 2 aromatic rings. The average Bonchev–Trinajstić information content (AvgIpc) is 3.36. The Hall–Kier alpha value is -2.06. The Bertz CT molecular complexity index is 871. The molecule has 0 aromatic carbocycles. The molecule has 2 aromatic heterocycles. The quantitative estimate of drug-likeness (QED) is 0.760. The lowest BCUT2D eigenvalue weighted by Crippen LogP contribution is -2.36. The predicted molar refractivity (Wildman–Crippen MR) is 108 cm³/mol. The molecule has 0 amide bonds. The van der Waals surface area contributed by atoms with Crippen LogP contribution in [0.2, 0.25) is 0 Å². The molecule has 0 radical (unpaired) electrons. The van der Waals surface area contributed by atoms with E-state index in [1.54, 1.807) is 17.0 Å². The Morgan fingerprint density at radius 3 is 2.62 bits per heavy atom. The van der Waals surface area contributed by atoms with E-state index in [0.29, 0.717) is 30.9 Å². The van der Waals surface area contributed by atoms with Crippen molar-refractivity contribution in [3.05, 3.63) is 40.2 Å². The van der Waals surface area contributed by atoms with Crippen LogP contribution in [-0.2, 0) is 23.2 Å². The number of hydrogen-bond donors (Lipinski definition) is 0. The molecule has 0 saturated carbocycles. The number of ether oxygens (including phenoxy) is 1. The fourth-order valence-electron chi connectivity index (χ4n) is 3.99. The molecule has 2 aliphatic heterocycles. The van der Waals surface area contributed by atoms with E-state index < -0.39 is 0 Å². The second kappa shape index (κ2) is 8.36. The lowest BCUT2D eigenvalue weighted by Gasteiger charge is -2.31. The van der Waals surface area contributed by atoms with Gasteiger partial charge in [0.25, 0.3) is 5.56 Å². The molecule has 4 heterocycles. The fraction of sp³-hybridized carbons (Fsp3) is 0.714. The first kappa shape index (κ1) is 20.2. The van der Waals surface area contributed by atoms with E-state index in [9.17, 15) is 4.79 Å². The number of likely N-dealkylation sites (tertiary alicyclic amines) is 1. The van der Waals surface area contributed by atoms with Crippen LogP contribution < -0.4 is 5.56 Å². The SMILES string of the molecule is CC(C)(C)c1cc(=O)n(CC2CCN(Cc3nnc(C4CCOC4)o3)CC2)cn1. The third-order valence-electron chi connectivity index (χ3n) is 5.93. The summed E-state index contributed by atoms with van der Waals surface area (Å²) in [5, 5.41) is 8.41. The van der Waals surface area contributed by atoms with E-state index in [-0.39, 0.29) is 16.9 Å². The molecule has 158 valence electrons. The van der Waals surface area contributed by atoms with Crippen LogP contribution in [0.3, 0.4) is 0 Å². The van der Waals surface area contributed by atoms with E-state index in [0.717, 1.165) is 51.2 Å². The van der Waals surface area contributed by atoms with Gasteiger partial charge in [-0.3, -0.25) is 14.3 Å². The summed E-state index contributed by atoms with van der Waals surface area (Å²) in [7, 11) is 0. The smallest absolute Gasteiger partial charge is 0.253 e.